The third kappa shape index (κ3) is 1.82. The van der Waals surface area contributed by atoms with Crippen LogP contribution in [0.3, 0.4) is 0 Å². The van der Waals surface area contributed by atoms with Crippen molar-refractivity contribution in [3.8, 4) is 0 Å². The van der Waals surface area contributed by atoms with Crippen LogP contribution < -0.4 is 0 Å². The highest BCUT2D eigenvalue weighted by molar-refractivity contribution is 7.81. The van der Waals surface area contributed by atoms with Crippen molar-refractivity contribution in [1.29, 1.82) is 0 Å². The number of hydrogen-bond acceptors (Lipinski definition) is 7. The van der Waals surface area contributed by atoms with E-state index in [1.807, 2.05) is 0 Å². The van der Waals surface area contributed by atoms with Crippen LogP contribution in [0.4, 0.5) is 0 Å². The number of rotatable bonds is 1. The lowest BCUT2D eigenvalue weighted by Crippen LogP contribution is -2.63. The summed E-state index contributed by atoms with van der Waals surface area (Å²) >= 11 is 3.54. The van der Waals surface area contributed by atoms with Crippen LogP contribution >= 0.6 is 12.6 Å². The predicted molar refractivity (Wildman–Crippen MR) is 43.9 cm³/mol. The molecular weight excluding hydrogens is 200 g/mol. The maximum atomic E-state index is 9.29. The van der Waals surface area contributed by atoms with E-state index in [-0.39, 0.29) is 0 Å². The van der Waals surface area contributed by atoms with Gasteiger partial charge in [-0.2, -0.15) is 0 Å². The Balaban J connectivity index is 2.79. The zero-order chi connectivity index (χ0) is 10.2. The van der Waals surface area contributed by atoms with Gasteiger partial charge in [0.15, 0.2) is 11.2 Å². The van der Waals surface area contributed by atoms with Crippen LogP contribution in [0.2, 0.25) is 0 Å². The second-order valence-electron chi connectivity index (χ2n) is 2.93. The van der Waals surface area contributed by atoms with Gasteiger partial charge >= 0.3 is 0 Å². The van der Waals surface area contributed by atoms with Crippen molar-refractivity contribution in [2.45, 2.75) is 29.5 Å². The van der Waals surface area contributed by atoms with E-state index < -0.39 is 36.1 Å². The normalized spacial score (nSPS) is 52.2. The first-order chi connectivity index (χ1) is 5.91. The molecule has 0 saturated carbocycles. The zero-order valence-corrected chi connectivity index (χ0v) is 7.50. The molecule has 5 atom stereocenters. The summed E-state index contributed by atoms with van der Waals surface area (Å²) in [5, 5.41) is 45.5. The molecule has 0 radical (unpaired) electrons. The summed E-state index contributed by atoms with van der Waals surface area (Å²) in [5.41, 5.74) is 0. The van der Waals surface area contributed by atoms with E-state index in [2.05, 4.69) is 17.4 Å². The summed E-state index contributed by atoms with van der Waals surface area (Å²) in [4.78, 5) is -2.23. The molecule has 0 aromatic heterocycles. The second kappa shape index (κ2) is 3.70. The molecule has 0 aromatic carbocycles. The standard InChI is InChI=1S/C6H12O6S/c7-1-2-3(8)4(9)6(11,13)5(10)12-2/h2-5,7-11,13H,1H2/t2-,3-,4+,5?,6-/m1/s1. The average Bonchev–Trinajstić information content (AvgIpc) is 2.09. The molecule has 1 rings (SSSR count). The molecular formula is C6H12O6S. The van der Waals surface area contributed by atoms with Gasteiger partial charge < -0.3 is 30.3 Å². The largest absolute Gasteiger partial charge is 0.394 e. The number of thiol groups is 1. The molecule has 5 N–H and O–H groups in total. The van der Waals surface area contributed by atoms with Crippen molar-refractivity contribution in [2.24, 2.45) is 0 Å². The molecule has 1 unspecified atom stereocenters. The molecule has 78 valence electrons. The third-order valence-corrected chi connectivity index (χ3v) is 2.47. The van der Waals surface area contributed by atoms with Gasteiger partial charge in [-0.3, -0.25) is 0 Å². The fourth-order valence-electron chi connectivity index (χ4n) is 1.10. The highest BCUT2D eigenvalue weighted by atomic mass is 32.1. The Morgan fingerprint density at radius 3 is 2.31 bits per heavy atom. The summed E-state index contributed by atoms with van der Waals surface area (Å²) < 4.78 is 4.60. The van der Waals surface area contributed by atoms with Crippen LogP contribution in [0.5, 0.6) is 0 Å². The Kier molecular flexibility index (Phi) is 3.18. The minimum absolute atomic E-state index is 0.570. The molecule has 0 aromatic rings. The molecule has 0 spiro atoms. The summed E-state index contributed by atoms with van der Waals surface area (Å²) in [6.45, 7) is -0.570. The van der Waals surface area contributed by atoms with Gasteiger partial charge in [-0.05, 0) is 0 Å². The third-order valence-electron chi connectivity index (χ3n) is 1.99. The van der Waals surface area contributed by atoms with Crippen molar-refractivity contribution < 1.29 is 30.3 Å². The minimum atomic E-state index is -2.23. The Morgan fingerprint density at radius 1 is 1.31 bits per heavy atom. The van der Waals surface area contributed by atoms with Crippen LogP contribution in [0.1, 0.15) is 0 Å². The fraction of sp³-hybridized carbons (Fsp3) is 1.00. The highest BCUT2D eigenvalue weighted by Crippen LogP contribution is 2.31. The van der Waals surface area contributed by atoms with E-state index in [9.17, 15) is 15.3 Å². The van der Waals surface area contributed by atoms with Gasteiger partial charge in [-0.25, -0.2) is 0 Å². The van der Waals surface area contributed by atoms with Crippen molar-refractivity contribution in [2.75, 3.05) is 6.61 Å². The Hall–Kier alpha value is 0.110. The van der Waals surface area contributed by atoms with Gasteiger partial charge in [0.1, 0.15) is 18.3 Å². The topological polar surface area (TPSA) is 110 Å². The van der Waals surface area contributed by atoms with E-state index in [0.717, 1.165) is 0 Å². The number of aliphatic hydroxyl groups is 5. The van der Waals surface area contributed by atoms with Crippen LogP contribution in [-0.2, 0) is 4.74 Å². The van der Waals surface area contributed by atoms with Gasteiger partial charge in [0, 0.05) is 0 Å². The first-order valence-corrected chi connectivity index (χ1v) is 4.11. The van der Waals surface area contributed by atoms with Gasteiger partial charge in [-0.1, -0.05) is 0 Å². The summed E-state index contributed by atoms with van der Waals surface area (Å²) in [6, 6.07) is 0. The lowest BCUT2D eigenvalue weighted by atomic mass is 9.99. The molecule has 0 aliphatic carbocycles. The Morgan fingerprint density at radius 2 is 1.85 bits per heavy atom. The van der Waals surface area contributed by atoms with Crippen molar-refractivity contribution in [1.82, 2.24) is 0 Å². The Labute approximate surface area is 79.8 Å². The van der Waals surface area contributed by atoms with Gasteiger partial charge in [0.2, 0.25) is 0 Å². The molecule has 1 saturated heterocycles. The smallest absolute Gasteiger partial charge is 0.196 e. The van der Waals surface area contributed by atoms with Crippen LogP contribution in [-0.4, -0.2) is 61.7 Å². The zero-order valence-electron chi connectivity index (χ0n) is 6.61. The minimum Gasteiger partial charge on any atom is -0.394 e. The summed E-state index contributed by atoms with van der Waals surface area (Å²) in [6.07, 6.45) is -6.06. The van der Waals surface area contributed by atoms with E-state index in [1.54, 1.807) is 0 Å². The highest BCUT2D eigenvalue weighted by Gasteiger charge is 2.52. The van der Waals surface area contributed by atoms with Gasteiger partial charge in [0.05, 0.1) is 6.61 Å². The quantitative estimate of drug-likeness (QED) is 0.205. The van der Waals surface area contributed by atoms with E-state index in [4.69, 9.17) is 10.2 Å². The van der Waals surface area contributed by atoms with Crippen molar-refractivity contribution in [3.05, 3.63) is 0 Å². The molecule has 0 bridgehead atoms. The lowest BCUT2D eigenvalue weighted by molar-refractivity contribution is -0.298. The SMILES string of the molecule is OC[C@H]1OC(O)[C@](O)(S)[C@@H](O)[C@@H]1O. The molecule has 0 amide bonds. The molecule has 1 fully saturated rings. The molecule has 1 aliphatic rings. The van der Waals surface area contributed by atoms with Crippen LogP contribution in [0.25, 0.3) is 0 Å². The fourth-order valence-corrected chi connectivity index (χ4v) is 1.31. The monoisotopic (exact) mass is 212 g/mol. The predicted octanol–water partition coefficient (Wildman–Crippen LogP) is -2.96. The maximum absolute atomic E-state index is 9.29. The maximum Gasteiger partial charge on any atom is 0.196 e. The molecule has 7 heteroatoms. The average molecular weight is 212 g/mol. The Bertz CT molecular complexity index is 186. The summed E-state index contributed by atoms with van der Waals surface area (Å²) in [5.74, 6) is 0. The molecule has 1 aliphatic heterocycles. The summed E-state index contributed by atoms with van der Waals surface area (Å²) in [7, 11) is 0. The van der Waals surface area contributed by atoms with E-state index >= 15 is 0 Å². The van der Waals surface area contributed by atoms with Crippen LogP contribution in [0, 0.1) is 0 Å². The molecule has 13 heavy (non-hydrogen) atoms. The lowest BCUT2D eigenvalue weighted by Gasteiger charge is -2.43. The van der Waals surface area contributed by atoms with E-state index in [1.165, 1.54) is 0 Å². The number of aliphatic hydroxyl groups excluding tert-OH is 4. The van der Waals surface area contributed by atoms with Crippen molar-refractivity contribution >= 4 is 12.6 Å². The number of ether oxygens (including phenoxy) is 1. The van der Waals surface area contributed by atoms with Crippen LogP contribution in [0.15, 0.2) is 0 Å². The second-order valence-corrected chi connectivity index (χ2v) is 3.64. The molecule has 6 nitrogen and oxygen atoms in total. The molecule has 1 heterocycles. The first-order valence-electron chi connectivity index (χ1n) is 3.66. The van der Waals surface area contributed by atoms with Crippen molar-refractivity contribution in [3.63, 3.8) is 0 Å². The van der Waals surface area contributed by atoms with Gasteiger partial charge in [0.25, 0.3) is 0 Å². The van der Waals surface area contributed by atoms with E-state index in [0.29, 0.717) is 0 Å². The first kappa shape index (κ1) is 11.2. The van der Waals surface area contributed by atoms with Gasteiger partial charge in [-0.15, -0.1) is 12.6 Å². The number of hydrogen-bond donors (Lipinski definition) is 6.